The summed E-state index contributed by atoms with van der Waals surface area (Å²) < 4.78 is 11.4. The molecule has 0 spiro atoms. The molecule has 0 saturated heterocycles. The van der Waals surface area contributed by atoms with Crippen molar-refractivity contribution in [3.63, 3.8) is 0 Å². The summed E-state index contributed by atoms with van der Waals surface area (Å²) >= 11 is 0. The van der Waals surface area contributed by atoms with Crippen molar-refractivity contribution in [1.82, 2.24) is 0 Å². The first kappa shape index (κ1) is 24.4. The van der Waals surface area contributed by atoms with E-state index in [0.717, 1.165) is 10.9 Å². The van der Waals surface area contributed by atoms with Crippen molar-refractivity contribution < 1.29 is 23.8 Å². The molecule has 0 fully saturated rings. The van der Waals surface area contributed by atoms with Gasteiger partial charge in [-0.25, -0.2) is 0 Å². The fraction of sp³-hybridized carbons (Fsp3) is 0.226. The summed E-state index contributed by atoms with van der Waals surface area (Å²) in [5, 5.41) is 11.8. The van der Waals surface area contributed by atoms with Gasteiger partial charge in [-0.05, 0) is 59.9 Å². The first-order valence-electron chi connectivity index (χ1n) is 12.3. The van der Waals surface area contributed by atoms with E-state index in [1.807, 2.05) is 49.4 Å². The van der Waals surface area contributed by atoms with Crippen molar-refractivity contribution in [2.45, 2.75) is 39.2 Å². The second-order valence-corrected chi connectivity index (χ2v) is 10.1. The molecular formula is C31H29NO5. The van der Waals surface area contributed by atoms with Crippen LogP contribution in [0.15, 0.2) is 94.6 Å². The minimum absolute atomic E-state index is 0.0125. The highest BCUT2D eigenvalue weighted by Gasteiger charge is 2.45. The second-order valence-electron chi connectivity index (χ2n) is 10.1. The lowest BCUT2D eigenvalue weighted by Crippen LogP contribution is -2.31. The van der Waals surface area contributed by atoms with Gasteiger partial charge in [-0.2, -0.15) is 0 Å². The number of nitrogens with zero attached hydrogens (tertiary/aromatic N) is 1. The molecule has 1 amide bonds. The predicted octanol–water partition coefficient (Wildman–Crippen LogP) is 6.91. The lowest BCUT2D eigenvalue weighted by Gasteiger charge is -2.28. The molecule has 1 atom stereocenters. The van der Waals surface area contributed by atoms with Crippen molar-refractivity contribution in [1.29, 1.82) is 0 Å². The number of benzene rings is 3. The zero-order valence-electron chi connectivity index (χ0n) is 21.3. The van der Waals surface area contributed by atoms with Crippen LogP contribution in [0.2, 0.25) is 0 Å². The second kappa shape index (κ2) is 9.28. The first-order chi connectivity index (χ1) is 17.7. The molecule has 1 N–H and O–H groups in total. The SMILES string of the molecule is CCOc1ccc(N2C(=O)C(O)=C(C(=O)c3cc4ccccc4o3)C2c2ccc(C(C)(C)C)cc2)cc1. The number of ether oxygens (including phenoxy) is 1. The number of hydrogen-bond donors (Lipinski definition) is 1. The van der Waals surface area contributed by atoms with Crippen molar-refractivity contribution >= 4 is 28.3 Å². The van der Waals surface area contributed by atoms with Crippen molar-refractivity contribution in [2.75, 3.05) is 11.5 Å². The highest BCUT2D eigenvalue weighted by molar-refractivity contribution is 6.20. The number of furan rings is 1. The number of fused-ring (bicyclic) bond motifs is 1. The number of para-hydroxylation sites is 1. The van der Waals surface area contributed by atoms with E-state index in [2.05, 4.69) is 20.8 Å². The molecule has 0 bridgehead atoms. The van der Waals surface area contributed by atoms with Crippen LogP contribution in [0.5, 0.6) is 5.75 Å². The molecule has 6 nitrogen and oxygen atoms in total. The van der Waals surface area contributed by atoms with Gasteiger partial charge in [0.1, 0.15) is 11.3 Å². The number of Topliss-reactive ketones (excluding diaryl/α,β-unsaturated/α-hetero) is 1. The number of aliphatic hydroxyl groups is 1. The predicted molar refractivity (Wildman–Crippen MR) is 143 cm³/mol. The van der Waals surface area contributed by atoms with Gasteiger partial charge in [0.25, 0.3) is 5.91 Å². The third-order valence-electron chi connectivity index (χ3n) is 6.62. The van der Waals surface area contributed by atoms with Gasteiger partial charge in [-0.1, -0.05) is 63.2 Å². The summed E-state index contributed by atoms with van der Waals surface area (Å²) in [4.78, 5) is 28.7. The van der Waals surface area contributed by atoms with Gasteiger partial charge in [0.05, 0.1) is 18.2 Å². The molecule has 2 heterocycles. The molecule has 1 aliphatic rings. The van der Waals surface area contributed by atoms with Gasteiger partial charge >= 0.3 is 0 Å². The molecule has 5 rings (SSSR count). The monoisotopic (exact) mass is 495 g/mol. The minimum Gasteiger partial charge on any atom is -0.503 e. The summed E-state index contributed by atoms with van der Waals surface area (Å²) in [6.07, 6.45) is 0. The summed E-state index contributed by atoms with van der Waals surface area (Å²) in [6, 6.07) is 22.9. The highest BCUT2D eigenvalue weighted by Crippen LogP contribution is 2.43. The fourth-order valence-electron chi connectivity index (χ4n) is 4.68. The number of carbonyl (C=O) groups excluding carboxylic acids is 2. The van der Waals surface area contributed by atoms with E-state index in [1.165, 1.54) is 4.90 Å². The van der Waals surface area contributed by atoms with Gasteiger partial charge in [0.2, 0.25) is 5.78 Å². The Morgan fingerprint density at radius 2 is 1.68 bits per heavy atom. The molecule has 0 aliphatic carbocycles. The maximum atomic E-state index is 13.8. The smallest absolute Gasteiger partial charge is 0.294 e. The van der Waals surface area contributed by atoms with E-state index in [1.54, 1.807) is 36.4 Å². The van der Waals surface area contributed by atoms with Gasteiger partial charge in [-0.3, -0.25) is 14.5 Å². The topological polar surface area (TPSA) is 80.0 Å². The molecule has 6 heteroatoms. The van der Waals surface area contributed by atoms with E-state index in [0.29, 0.717) is 29.2 Å². The average Bonchev–Trinajstić information content (AvgIpc) is 3.43. The average molecular weight is 496 g/mol. The third-order valence-corrected chi connectivity index (χ3v) is 6.62. The van der Waals surface area contributed by atoms with E-state index in [-0.39, 0.29) is 16.7 Å². The molecule has 188 valence electrons. The zero-order chi connectivity index (χ0) is 26.3. The van der Waals surface area contributed by atoms with Crippen LogP contribution in [0.1, 0.15) is 55.4 Å². The number of aliphatic hydroxyl groups excluding tert-OH is 1. The number of amides is 1. The highest BCUT2D eigenvalue weighted by atomic mass is 16.5. The number of carbonyl (C=O) groups is 2. The van der Waals surface area contributed by atoms with Crippen LogP contribution in [-0.4, -0.2) is 23.4 Å². The van der Waals surface area contributed by atoms with Gasteiger partial charge in [-0.15, -0.1) is 0 Å². The van der Waals surface area contributed by atoms with Crippen molar-refractivity contribution in [3.8, 4) is 5.75 Å². The van der Waals surface area contributed by atoms with Gasteiger partial charge in [0.15, 0.2) is 11.5 Å². The normalized spacial score (nSPS) is 16.1. The minimum atomic E-state index is -0.833. The third kappa shape index (κ3) is 4.40. The Labute approximate surface area is 215 Å². The molecule has 1 aromatic heterocycles. The maximum absolute atomic E-state index is 13.8. The largest absolute Gasteiger partial charge is 0.503 e. The number of rotatable bonds is 6. The summed E-state index contributed by atoms with van der Waals surface area (Å²) in [6.45, 7) is 8.77. The van der Waals surface area contributed by atoms with Gasteiger partial charge in [0, 0.05) is 11.1 Å². The Bertz CT molecular complexity index is 1470. The maximum Gasteiger partial charge on any atom is 0.294 e. The Morgan fingerprint density at radius 3 is 2.30 bits per heavy atom. The van der Waals surface area contributed by atoms with Crippen LogP contribution in [-0.2, 0) is 10.2 Å². The Balaban J connectivity index is 1.62. The fourth-order valence-corrected chi connectivity index (χ4v) is 4.68. The Hall–Kier alpha value is -4.32. The van der Waals surface area contributed by atoms with Crippen LogP contribution in [0.4, 0.5) is 5.69 Å². The quantitative estimate of drug-likeness (QED) is 0.294. The van der Waals surface area contributed by atoms with Crippen molar-refractivity contribution in [3.05, 3.63) is 107 Å². The molecule has 37 heavy (non-hydrogen) atoms. The lowest BCUT2D eigenvalue weighted by molar-refractivity contribution is -0.117. The van der Waals surface area contributed by atoms with Gasteiger partial charge < -0.3 is 14.3 Å². The van der Waals surface area contributed by atoms with Crippen molar-refractivity contribution in [2.24, 2.45) is 0 Å². The summed E-state index contributed by atoms with van der Waals surface area (Å²) in [5.74, 6) is -1.02. The van der Waals surface area contributed by atoms with E-state index in [9.17, 15) is 14.7 Å². The molecule has 0 saturated carbocycles. The Morgan fingerprint density at radius 1 is 1.00 bits per heavy atom. The number of anilines is 1. The molecule has 0 radical (unpaired) electrons. The first-order valence-corrected chi connectivity index (χ1v) is 12.3. The molecule has 3 aromatic carbocycles. The standard InChI is InChI=1S/C31H29NO5/c1-5-36-23-16-14-22(15-17-23)32-27(19-10-12-21(13-11-19)31(2,3)4)26(29(34)30(32)35)28(33)25-18-20-8-6-7-9-24(20)37-25/h6-18,27,34H,5H2,1-4H3. The van der Waals surface area contributed by atoms with Crippen LogP contribution in [0, 0.1) is 0 Å². The molecule has 1 unspecified atom stereocenters. The van der Waals surface area contributed by atoms with E-state index in [4.69, 9.17) is 9.15 Å². The zero-order valence-corrected chi connectivity index (χ0v) is 21.3. The number of ketones is 1. The Kier molecular flexibility index (Phi) is 6.12. The molecule has 1 aliphatic heterocycles. The van der Waals surface area contributed by atoms with Crippen LogP contribution in [0.3, 0.4) is 0 Å². The lowest BCUT2D eigenvalue weighted by atomic mass is 9.85. The number of hydrogen-bond acceptors (Lipinski definition) is 5. The summed E-state index contributed by atoms with van der Waals surface area (Å²) in [5.41, 5.74) is 2.85. The molecule has 4 aromatic rings. The summed E-state index contributed by atoms with van der Waals surface area (Å²) in [7, 11) is 0. The van der Waals surface area contributed by atoms with E-state index < -0.39 is 23.5 Å². The van der Waals surface area contributed by atoms with Crippen LogP contribution in [0.25, 0.3) is 11.0 Å². The molecular weight excluding hydrogens is 466 g/mol. The van der Waals surface area contributed by atoms with Crippen LogP contribution >= 0.6 is 0 Å². The van der Waals surface area contributed by atoms with Crippen LogP contribution < -0.4 is 9.64 Å². The van der Waals surface area contributed by atoms with E-state index >= 15 is 0 Å².